The molecule has 2 aliphatic heterocycles. The summed E-state index contributed by atoms with van der Waals surface area (Å²) in [6.45, 7) is 7.96. The van der Waals surface area contributed by atoms with Crippen molar-refractivity contribution >= 4 is 11.8 Å². The highest BCUT2D eigenvalue weighted by molar-refractivity contribution is 5.95. The summed E-state index contributed by atoms with van der Waals surface area (Å²) < 4.78 is 5.50. The first-order chi connectivity index (χ1) is 13.3. The fourth-order valence-corrected chi connectivity index (χ4v) is 4.69. The summed E-state index contributed by atoms with van der Waals surface area (Å²) >= 11 is 0. The predicted octanol–water partition coefficient (Wildman–Crippen LogP) is 3.33. The quantitative estimate of drug-likeness (QED) is 0.793. The number of piperidine rings is 2. The van der Waals surface area contributed by atoms with Crippen LogP contribution in [0.2, 0.25) is 0 Å². The lowest BCUT2D eigenvalue weighted by Crippen LogP contribution is -2.51. The maximum Gasteiger partial charge on any atom is 0.349 e. The van der Waals surface area contributed by atoms with E-state index in [2.05, 4.69) is 6.92 Å². The van der Waals surface area contributed by atoms with Crippen LogP contribution in [-0.2, 0) is 4.79 Å². The second-order valence-corrected chi connectivity index (χ2v) is 8.73. The second kappa shape index (κ2) is 8.10. The minimum Gasteiger partial charge on any atom is -0.427 e. The van der Waals surface area contributed by atoms with Crippen molar-refractivity contribution in [3.05, 3.63) is 33.4 Å². The van der Waals surface area contributed by atoms with Crippen LogP contribution in [0.1, 0.15) is 80.0 Å². The molecule has 0 saturated carbocycles. The van der Waals surface area contributed by atoms with E-state index in [1.54, 1.807) is 4.90 Å². The van der Waals surface area contributed by atoms with Gasteiger partial charge in [-0.1, -0.05) is 20.3 Å². The zero-order valence-electron chi connectivity index (χ0n) is 17.5. The van der Waals surface area contributed by atoms with Gasteiger partial charge in [0.15, 0.2) is 0 Å². The molecule has 28 heavy (non-hydrogen) atoms. The Bertz CT molecular complexity index is 805. The molecule has 6 nitrogen and oxygen atoms in total. The Labute approximate surface area is 166 Å². The Morgan fingerprint density at radius 3 is 2.50 bits per heavy atom. The fraction of sp³-hybridized carbons (Fsp3) is 0.682. The number of rotatable bonds is 4. The van der Waals surface area contributed by atoms with E-state index in [4.69, 9.17) is 4.42 Å². The first kappa shape index (κ1) is 20.6. The Kier molecular flexibility index (Phi) is 5.96. The van der Waals surface area contributed by atoms with Crippen LogP contribution in [0.15, 0.2) is 15.3 Å². The Morgan fingerprint density at radius 1 is 1.25 bits per heavy atom. The summed E-state index contributed by atoms with van der Waals surface area (Å²) in [6, 6.07) is 1.85. The van der Waals surface area contributed by atoms with Crippen LogP contribution < -0.4 is 5.63 Å². The summed E-state index contributed by atoms with van der Waals surface area (Å²) in [5, 5.41) is 0. The molecule has 1 aromatic heterocycles. The predicted molar refractivity (Wildman–Crippen MR) is 107 cm³/mol. The lowest BCUT2D eigenvalue weighted by atomic mass is 9.72. The molecule has 1 unspecified atom stereocenters. The second-order valence-electron chi connectivity index (χ2n) is 8.73. The van der Waals surface area contributed by atoms with Crippen LogP contribution in [0.5, 0.6) is 0 Å². The van der Waals surface area contributed by atoms with Gasteiger partial charge in [0.1, 0.15) is 11.3 Å². The SMILES string of the molecule is CCCC(C)c1cc(C)c(C(=O)N2CCC3(CCC(=O)N(C)C3)CC2)c(=O)o1. The molecule has 0 N–H and O–H groups in total. The molecule has 3 rings (SSSR count). The topological polar surface area (TPSA) is 70.8 Å². The van der Waals surface area contributed by atoms with Gasteiger partial charge in [-0.2, -0.15) is 0 Å². The number of hydrogen-bond acceptors (Lipinski definition) is 4. The van der Waals surface area contributed by atoms with Crippen molar-refractivity contribution in [3.63, 3.8) is 0 Å². The van der Waals surface area contributed by atoms with Gasteiger partial charge in [0, 0.05) is 39.0 Å². The molecule has 0 radical (unpaired) electrons. The van der Waals surface area contributed by atoms with Crippen molar-refractivity contribution in [1.29, 1.82) is 0 Å². The van der Waals surface area contributed by atoms with E-state index in [0.717, 1.165) is 38.6 Å². The summed E-state index contributed by atoms with van der Waals surface area (Å²) in [7, 11) is 1.86. The molecule has 6 heteroatoms. The number of nitrogens with zero attached hydrogens (tertiary/aromatic N) is 2. The standard InChI is InChI=1S/C22H32N2O4/c1-5-6-15(2)17-13-16(3)19(21(27)28-17)20(26)24-11-9-22(10-12-24)8-7-18(25)23(4)14-22/h13,15H,5-12,14H2,1-4H3. The monoisotopic (exact) mass is 388 g/mol. The van der Waals surface area contributed by atoms with Gasteiger partial charge in [0.05, 0.1) is 0 Å². The number of hydrogen-bond donors (Lipinski definition) is 0. The average molecular weight is 389 g/mol. The highest BCUT2D eigenvalue weighted by Gasteiger charge is 2.41. The van der Waals surface area contributed by atoms with Crippen LogP contribution in [0.3, 0.4) is 0 Å². The molecule has 1 aromatic rings. The van der Waals surface area contributed by atoms with Gasteiger partial charge in [0.25, 0.3) is 5.91 Å². The normalized spacial score (nSPS) is 20.5. The van der Waals surface area contributed by atoms with Crippen molar-refractivity contribution in [1.82, 2.24) is 9.80 Å². The summed E-state index contributed by atoms with van der Waals surface area (Å²) in [6.07, 6.45) is 5.18. The van der Waals surface area contributed by atoms with Crippen molar-refractivity contribution in [3.8, 4) is 0 Å². The van der Waals surface area contributed by atoms with Crippen LogP contribution in [0, 0.1) is 12.3 Å². The molecule has 0 aliphatic carbocycles. The summed E-state index contributed by atoms with van der Waals surface area (Å²) in [4.78, 5) is 41.0. The minimum atomic E-state index is -0.522. The van der Waals surface area contributed by atoms with Crippen molar-refractivity contribution in [2.24, 2.45) is 5.41 Å². The molecule has 2 amide bonds. The molecule has 154 valence electrons. The van der Waals surface area contributed by atoms with Gasteiger partial charge < -0.3 is 14.2 Å². The third-order valence-corrected chi connectivity index (χ3v) is 6.57. The zero-order valence-corrected chi connectivity index (χ0v) is 17.5. The van der Waals surface area contributed by atoms with Gasteiger partial charge in [-0.15, -0.1) is 0 Å². The maximum absolute atomic E-state index is 13.0. The van der Waals surface area contributed by atoms with E-state index in [1.807, 2.05) is 31.9 Å². The van der Waals surface area contributed by atoms with Crippen LogP contribution in [0.25, 0.3) is 0 Å². The number of likely N-dealkylation sites (tertiary alicyclic amines) is 2. The highest BCUT2D eigenvalue weighted by atomic mass is 16.4. The summed E-state index contributed by atoms with van der Waals surface area (Å²) in [5.41, 5.74) is 0.451. The maximum atomic E-state index is 13.0. The molecule has 2 fully saturated rings. The van der Waals surface area contributed by atoms with Crippen LogP contribution in [-0.4, -0.2) is 48.3 Å². The average Bonchev–Trinajstić information content (AvgIpc) is 2.65. The van der Waals surface area contributed by atoms with E-state index in [0.29, 0.717) is 30.8 Å². The lowest BCUT2D eigenvalue weighted by molar-refractivity contribution is -0.137. The van der Waals surface area contributed by atoms with Gasteiger partial charge in [-0.25, -0.2) is 4.79 Å². The van der Waals surface area contributed by atoms with Gasteiger partial charge in [-0.05, 0) is 49.7 Å². The molecule has 0 aromatic carbocycles. The zero-order chi connectivity index (χ0) is 20.5. The van der Waals surface area contributed by atoms with E-state index >= 15 is 0 Å². The lowest BCUT2D eigenvalue weighted by Gasteiger charge is -2.46. The Hall–Kier alpha value is -2.11. The van der Waals surface area contributed by atoms with Crippen molar-refractivity contribution < 1.29 is 14.0 Å². The molecular weight excluding hydrogens is 356 g/mol. The fourth-order valence-electron chi connectivity index (χ4n) is 4.69. The third kappa shape index (κ3) is 4.01. The van der Waals surface area contributed by atoms with Gasteiger partial charge in [-0.3, -0.25) is 9.59 Å². The summed E-state index contributed by atoms with van der Waals surface area (Å²) in [5.74, 6) is 0.806. The van der Waals surface area contributed by atoms with Crippen LogP contribution >= 0.6 is 0 Å². The molecular formula is C22H32N2O4. The third-order valence-electron chi connectivity index (χ3n) is 6.57. The first-order valence-corrected chi connectivity index (χ1v) is 10.4. The van der Waals surface area contributed by atoms with E-state index in [9.17, 15) is 14.4 Å². The van der Waals surface area contributed by atoms with E-state index in [1.165, 1.54) is 0 Å². The van der Waals surface area contributed by atoms with E-state index < -0.39 is 5.63 Å². The molecule has 1 spiro atoms. The number of amides is 2. The van der Waals surface area contributed by atoms with Crippen LogP contribution in [0.4, 0.5) is 0 Å². The molecule has 3 heterocycles. The molecule has 0 bridgehead atoms. The van der Waals surface area contributed by atoms with E-state index in [-0.39, 0.29) is 28.7 Å². The van der Waals surface area contributed by atoms with Gasteiger partial charge in [0.2, 0.25) is 5.91 Å². The molecule has 2 aliphatic rings. The number of carbonyl (C=O) groups excluding carboxylic acids is 2. The molecule has 1 atom stereocenters. The smallest absolute Gasteiger partial charge is 0.349 e. The van der Waals surface area contributed by atoms with Crippen molar-refractivity contribution in [2.75, 3.05) is 26.7 Å². The van der Waals surface area contributed by atoms with Gasteiger partial charge >= 0.3 is 5.63 Å². The highest BCUT2D eigenvalue weighted by Crippen LogP contribution is 2.40. The van der Waals surface area contributed by atoms with Crippen molar-refractivity contribution in [2.45, 2.75) is 65.2 Å². The number of aryl methyl sites for hydroxylation is 1. The largest absolute Gasteiger partial charge is 0.427 e. The first-order valence-electron chi connectivity index (χ1n) is 10.4. The number of carbonyl (C=O) groups is 2. The molecule has 2 saturated heterocycles. The minimum absolute atomic E-state index is 0.110. The Morgan fingerprint density at radius 2 is 1.93 bits per heavy atom. The Balaban J connectivity index is 1.72.